The minimum absolute atomic E-state index is 0.255. The van der Waals surface area contributed by atoms with Crippen LogP contribution < -0.4 is 0 Å². The number of aliphatic carboxylic acids is 2. The van der Waals surface area contributed by atoms with Crippen LogP contribution in [0.2, 0.25) is 0 Å². The maximum Gasteiger partial charge on any atom is 0.314 e. The summed E-state index contributed by atoms with van der Waals surface area (Å²) in [6.07, 6.45) is 4.01. The Morgan fingerprint density at radius 3 is 2.47 bits per heavy atom. The van der Waals surface area contributed by atoms with Crippen LogP contribution in [-0.4, -0.2) is 34.9 Å². The van der Waals surface area contributed by atoms with Crippen molar-refractivity contribution in [3.05, 3.63) is 12.2 Å². The average molecular weight is 240 g/mol. The van der Waals surface area contributed by atoms with Crippen LogP contribution in [0.1, 0.15) is 26.2 Å². The molecule has 1 aliphatic carbocycles. The lowest BCUT2D eigenvalue weighted by Gasteiger charge is -2.44. The SMILES string of the molecule is CCC1(C(=O)O)C=CCCC1(C(=O)O)C1CO1. The van der Waals surface area contributed by atoms with Gasteiger partial charge in [0.05, 0.1) is 12.7 Å². The third-order valence-corrected chi connectivity index (χ3v) is 4.11. The number of carbonyl (C=O) groups is 2. The van der Waals surface area contributed by atoms with Gasteiger partial charge in [0.25, 0.3) is 0 Å². The molecule has 1 fully saturated rings. The van der Waals surface area contributed by atoms with E-state index in [4.69, 9.17) is 4.74 Å². The summed E-state index contributed by atoms with van der Waals surface area (Å²) in [6, 6.07) is 0. The summed E-state index contributed by atoms with van der Waals surface area (Å²) in [5, 5.41) is 19.0. The summed E-state index contributed by atoms with van der Waals surface area (Å²) in [5.74, 6) is -2.14. The predicted octanol–water partition coefficient (Wildman–Crippen LogP) is 1.29. The van der Waals surface area contributed by atoms with Crippen LogP contribution in [0.25, 0.3) is 0 Å². The van der Waals surface area contributed by atoms with Crippen molar-refractivity contribution in [2.75, 3.05) is 6.61 Å². The first-order valence-corrected chi connectivity index (χ1v) is 5.77. The molecule has 2 rings (SSSR count). The van der Waals surface area contributed by atoms with Crippen molar-refractivity contribution in [2.24, 2.45) is 10.8 Å². The number of ether oxygens (including phenoxy) is 1. The molecule has 1 aliphatic heterocycles. The van der Waals surface area contributed by atoms with Gasteiger partial charge in [-0.1, -0.05) is 19.1 Å². The molecule has 2 N–H and O–H groups in total. The van der Waals surface area contributed by atoms with Crippen LogP contribution in [0.4, 0.5) is 0 Å². The minimum Gasteiger partial charge on any atom is -0.481 e. The Morgan fingerprint density at radius 2 is 2.06 bits per heavy atom. The number of hydrogen-bond acceptors (Lipinski definition) is 3. The molecule has 94 valence electrons. The molecule has 2 aliphatic rings. The van der Waals surface area contributed by atoms with Crippen LogP contribution >= 0.6 is 0 Å². The van der Waals surface area contributed by atoms with Crippen LogP contribution in [0, 0.1) is 10.8 Å². The van der Waals surface area contributed by atoms with E-state index >= 15 is 0 Å². The normalized spacial score (nSPS) is 39.9. The van der Waals surface area contributed by atoms with E-state index in [1.165, 1.54) is 0 Å². The van der Waals surface area contributed by atoms with Crippen molar-refractivity contribution in [1.29, 1.82) is 0 Å². The van der Waals surface area contributed by atoms with Crippen LogP contribution in [0.5, 0.6) is 0 Å². The zero-order chi connectivity index (χ0) is 12.7. The predicted molar refractivity (Wildman–Crippen MR) is 58.5 cm³/mol. The van der Waals surface area contributed by atoms with Gasteiger partial charge < -0.3 is 14.9 Å². The molecule has 17 heavy (non-hydrogen) atoms. The highest BCUT2D eigenvalue weighted by Gasteiger charge is 2.67. The Labute approximate surface area is 99.1 Å². The molecule has 1 heterocycles. The lowest BCUT2D eigenvalue weighted by atomic mass is 9.55. The van der Waals surface area contributed by atoms with Crippen molar-refractivity contribution >= 4 is 11.9 Å². The largest absolute Gasteiger partial charge is 0.481 e. The molecule has 0 aromatic heterocycles. The molecule has 5 nitrogen and oxygen atoms in total. The second kappa shape index (κ2) is 3.84. The maximum atomic E-state index is 11.7. The Morgan fingerprint density at radius 1 is 1.41 bits per heavy atom. The van der Waals surface area contributed by atoms with Gasteiger partial charge in [0.2, 0.25) is 0 Å². The zero-order valence-corrected chi connectivity index (χ0v) is 9.68. The standard InChI is InChI=1S/C12H16O5/c1-2-11(9(13)14)5-3-4-6-12(11,10(15)16)8-7-17-8/h3,5,8H,2,4,6-7H2,1H3,(H,13,14)(H,15,16). The fraction of sp³-hybridized carbons (Fsp3) is 0.667. The van der Waals surface area contributed by atoms with E-state index in [9.17, 15) is 19.8 Å². The van der Waals surface area contributed by atoms with Gasteiger partial charge in [-0.15, -0.1) is 0 Å². The van der Waals surface area contributed by atoms with Gasteiger partial charge >= 0.3 is 11.9 Å². The summed E-state index contributed by atoms with van der Waals surface area (Å²) >= 11 is 0. The Balaban J connectivity index is 2.58. The van der Waals surface area contributed by atoms with E-state index in [0.717, 1.165) is 0 Å². The van der Waals surface area contributed by atoms with Gasteiger partial charge in [-0.25, -0.2) is 0 Å². The summed E-state index contributed by atoms with van der Waals surface area (Å²) in [4.78, 5) is 23.2. The molecule has 1 saturated heterocycles. The van der Waals surface area contributed by atoms with Crippen molar-refractivity contribution in [3.8, 4) is 0 Å². The van der Waals surface area contributed by atoms with Gasteiger partial charge in [-0.05, 0) is 19.3 Å². The first-order valence-electron chi connectivity index (χ1n) is 5.77. The maximum absolute atomic E-state index is 11.7. The summed E-state index contributed by atoms with van der Waals surface area (Å²) in [7, 11) is 0. The highest BCUT2D eigenvalue weighted by atomic mass is 16.6. The van der Waals surface area contributed by atoms with Gasteiger partial charge in [0.1, 0.15) is 10.8 Å². The minimum atomic E-state index is -1.35. The molecule has 3 unspecified atom stereocenters. The summed E-state index contributed by atoms with van der Waals surface area (Å²) in [6.45, 7) is 2.05. The third kappa shape index (κ3) is 1.42. The monoisotopic (exact) mass is 240 g/mol. The number of epoxide rings is 1. The van der Waals surface area contributed by atoms with E-state index in [-0.39, 0.29) is 6.42 Å². The highest BCUT2D eigenvalue weighted by molar-refractivity contribution is 5.89. The van der Waals surface area contributed by atoms with Crippen molar-refractivity contribution in [1.82, 2.24) is 0 Å². The van der Waals surface area contributed by atoms with Crippen LogP contribution in [0.3, 0.4) is 0 Å². The molecule has 0 amide bonds. The molecular formula is C12H16O5. The zero-order valence-electron chi connectivity index (χ0n) is 9.68. The first kappa shape index (κ1) is 12.1. The van der Waals surface area contributed by atoms with Gasteiger partial charge in [-0.2, -0.15) is 0 Å². The molecule has 0 bridgehead atoms. The van der Waals surface area contributed by atoms with Crippen molar-refractivity contribution in [2.45, 2.75) is 32.3 Å². The molecule has 0 spiro atoms. The van der Waals surface area contributed by atoms with Gasteiger partial charge in [0, 0.05) is 0 Å². The van der Waals surface area contributed by atoms with Crippen molar-refractivity contribution in [3.63, 3.8) is 0 Å². The smallest absolute Gasteiger partial charge is 0.314 e. The number of allylic oxidation sites excluding steroid dienone is 1. The van der Waals surface area contributed by atoms with Crippen molar-refractivity contribution < 1.29 is 24.5 Å². The van der Waals surface area contributed by atoms with E-state index in [2.05, 4.69) is 0 Å². The molecule has 0 aromatic rings. The molecule has 3 atom stereocenters. The van der Waals surface area contributed by atoms with Gasteiger partial charge in [0.15, 0.2) is 0 Å². The summed E-state index contributed by atoms with van der Waals surface area (Å²) < 4.78 is 5.14. The fourth-order valence-electron chi connectivity index (χ4n) is 3.03. The lowest BCUT2D eigenvalue weighted by molar-refractivity contribution is -0.174. The quantitative estimate of drug-likeness (QED) is 0.571. The molecule has 0 saturated carbocycles. The molecule has 0 radical (unpaired) electrons. The van der Waals surface area contributed by atoms with Crippen LogP contribution in [0.15, 0.2) is 12.2 Å². The van der Waals surface area contributed by atoms with Gasteiger partial charge in [-0.3, -0.25) is 9.59 Å². The second-order valence-corrected chi connectivity index (χ2v) is 4.67. The molecule has 5 heteroatoms. The fourth-order valence-corrected chi connectivity index (χ4v) is 3.03. The Bertz CT molecular complexity index is 384. The topological polar surface area (TPSA) is 87.1 Å². The van der Waals surface area contributed by atoms with E-state index in [1.807, 2.05) is 0 Å². The number of rotatable bonds is 4. The number of carboxylic acid groups (broad SMARTS) is 2. The van der Waals surface area contributed by atoms with Crippen LogP contribution in [-0.2, 0) is 14.3 Å². The number of hydrogen-bond donors (Lipinski definition) is 2. The van der Waals surface area contributed by atoms with E-state index < -0.39 is 28.9 Å². The first-order chi connectivity index (χ1) is 8.01. The number of carboxylic acids is 2. The summed E-state index contributed by atoms with van der Waals surface area (Å²) in [5.41, 5.74) is -2.67. The third-order valence-electron chi connectivity index (χ3n) is 4.11. The average Bonchev–Trinajstić information content (AvgIpc) is 3.11. The Kier molecular flexibility index (Phi) is 2.73. The van der Waals surface area contributed by atoms with E-state index in [0.29, 0.717) is 19.4 Å². The molecule has 0 aromatic carbocycles. The lowest BCUT2D eigenvalue weighted by Crippen LogP contribution is -2.55. The Hall–Kier alpha value is -1.36. The second-order valence-electron chi connectivity index (χ2n) is 4.67. The highest BCUT2D eigenvalue weighted by Crippen LogP contribution is 2.56. The van der Waals surface area contributed by atoms with E-state index in [1.54, 1.807) is 19.1 Å². The molecular weight excluding hydrogens is 224 g/mol.